The monoisotopic (exact) mass is 408 g/mol. The molecule has 0 aliphatic carbocycles. The van der Waals surface area contributed by atoms with E-state index in [1.165, 1.54) is 6.92 Å². The van der Waals surface area contributed by atoms with Crippen LogP contribution in [0, 0.1) is 0 Å². The van der Waals surface area contributed by atoms with Crippen LogP contribution >= 0.6 is 0 Å². The molecule has 8 nitrogen and oxygen atoms in total. The van der Waals surface area contributed by atoms with E-state index in [1.54, 1.807) is 12.1 Å². The number of nitrogen functional groups attached to an aromatic ring is 2. The zero-order valence-corrected chi connectivity index (χ0v) is 17.1. The van der Waals surface area contributed by atoms with Crippen LogP contribution < -0.4 is 20.9 Å². The number of ether oxygens (including phenoxy) is 4. The summed E-state index contributed by atoms with van der Waals surface area (Å²) in [5, 5.41) is 0. The second-order valence-electron chi connectivity index (χ2n) is 6.46. The van der Waals surface area contributed by atoms with Gasteiger partial charge in [0.1, 0.15) is 11.5 Å². The quantitative estimate of drug-likeness (QED) is 0.196. The lowest BCUT2D eigenvalue weighted by Gasteiger charge is -2.14. The highest BCUT2D eigenvalue weighted by Crippen LogP contribution is 2.33. The number of carbonyl (C=O) groups is 2. The number of unbranched alkanes of at least 4 members (excludes halogenated alkanes) is 4. The number of hydrogen-bond donors (Lipinski definition) is 2. The van der Waals surface area contributed by atoms with Gasteiger partial charge in [0.25, 0.3) is 0 Å². The maximum Gasteiger partial charge on any atom is 0.330 e. The molecule has 1 rings (SSSR count). The number of rotatable bonds is 15. The summed E-state index contributed by atoms with van der Waals surface area (Å²) < 4.78 is 21.1. The van der Waals surface area contributed by atoms with Crippen molar-refractivity contribution in [1.29, 1.82) is 0 Å². The smallest absolute Gasteiger partial charge is 0.330 e. The van der Waals surface area contributed by atoms with Gasteiger partial charge < -0.3 is 30.4 Å². The van der Waals surface area contributed by atoms with Crippen molar-refractivity contribution in [3.63, 3.8) is 0 Å². The first-order valence-electron chi connectivity index (χ1n) is 9.81. The number of nitrogens with two attached hydrogens (primary N) is 2. The lowest BCUT2D eigenvalue weighted by Crippen LogP contribution is -2.06. The molecule has 0 saturated carbocycles. The van der Waals surface area contributed by atoms with E-state index in [0.717, 1.165) is 44.6 Å². The summed E-state index contributed by atoms with van der Waals surface area (Å²) in [6, 6.07) is 3.33. The third-order valence-electron chi connectivity index (χ3n) is 3.95. The highest BCUT2D eigenvalue weighted by Gasteiger charge is 2.08. The SMILES string of the molecule is C=CC(=O)OCCCCCOc1cc(N)c(OCCCCCOC(C)=O)cc1N. The van der Waals surface area contributed by atoms with Crippen LogP contribution in [-0.2, 0) is 19.1 Å². The van der Waals surface area contributed by atoms with Crippen molar-refractivity contribution in [2.24, 2.45) is 0 Å². The Labute approximate surface area is 172 Å². The molecule has 0 aliphatic rings. The Morgan fingerprint density at radius 3 is 1.72 bits per heavy atom. The zero-order valence-electron chi connectivity index (χ0n) is 17.1. The second kappa shape index (κ2) is 14.1. The van der Waals surface area contributed by atoms with Crippen LogP contribution in [0.4, 0.5) is 11.4 Å². The van der Waals surface area contributed by atoms with Gasteiger partial charge in [-0.2, -0.15) is 0 Å². The number of anilines is 2. The summed E-state index contributed by atoms with van der Waals surface area (Å²) in [5.74, 6) is 0.378. The molecule has 0 amide bonds. The maximum absolute atomic E-state index is 10.9. The first-order chi connectivity index (χ1) is 13.9. The third kappa shape index (κ3) is 10.9. The van der Waals surface area contributed by atoms with Gasteiger partial charge in [0.05, 0.1) is 37.8 Å². The summed E-state index contributed by atoms with van der Waals surface area (Å²) in [6.45, 7) is 6.52. The molecule has 4 N–H and O–H groups in total. The van der Waals surface area contributed by atoms with Gasteiger partial charge in [-0.15, -0.1) is 0 Å². The number of hydrogen-bond acceptors (Lipinski definition) is 8. The molecule has 162 valence electrons. The average molecular weight is 408 g/mol. The molecule has 1 aromatic rings. The Kier molecular flexibility index (Phi) is 11.8. The van der Waals surface area contributed by atoms with E-state index in [4.69, 9.17) is 30.4 Å². The van der Waals surface area contributed by atoms with Crippen LogP contribution in [0.5, 0.6) is 11.5 Å². The molecule has 0 aromatic heterocycles. The predicted molar refractivity (Wildman–Crippen MR) is 112 cm³/mol. The number of esters is 2. The first-order valence-corrected chi connectivity index (χ1v) is 9.81. The van der Waals surface area contributed by atoms with Crippen molar-refractivity contribution in [2.75, 3.05) is 37.9 Å². The molecular formula is C21H32N2O6. The highest BCUT2D eigenvalue weighted by molar-refractivity contribution is 5.81. The van der Waals surface area contributed by atoms with E-state index in [9.17, 15) is 9.59 Å². The van der Waals surface area contributed by atoms with Gasteiger partial charge in [-0.25, -0.2) is 4.79 Å². The fourth-order valence-corrected chi connectivity index (χ4v) is 2.42. The second-order valence-corrected chi connectivity index (χ2v) is 6.46. The van der Waals surface area contributed by atoms with Crippen LogP contribution in [0.15, 0.2) is 24.8 Å². The molecule has 0 spiro atoms. The summed E-state index contributed by atoms with van der Waals surface area (Å²) in [6.07, 6.45) is 6.07. The minimum atomic E-state index is -0.409. The normalized spacial score (nSPS) is 10.2. The van der Waals surface area contributed by atoms with Crippen LogP contribution in [0.1, 0.15) is 45.4 Å². The average Bonchev–Trinajstić information content (AvgIpc) is 2.68. The Bertz CT molecular complexity index is 663. The fourth-order valence-electron chi connectivity index (χ4n) is 2.42. The molecule has 0 saturated heterocycles. The van der Waals surface area contributed by atoms with E-state index in [2.05, 4.69) is 6.58 Å². The van der Waals surface area contributed by atoms with Gasteiger partial charge in [0, 0.05) is 25.1 Å². The lowest BCUT2D eigenvalue weighted by molar-refractivity contribution is -0.141. The van der Waals surface area contributed by atoms with Crippen molar-refractivity contribution >= 4 is 23.3 Å². The summed E-state index contributed by atoms with van der Waals surface area (Å²) in [4.78, 5) is 21.6. The van der Waals surface area contributed by atoms with Crippen LogP contribution in [0.3, 0.4) is 0 Å². The topological polar surface area (TPSA) is 123 Å². The number of benzene rings is 1. The first kappa shape index (κ1) is 24.1. The Morgan fingerprint density at radius 1 is 0.828 bits per heavy atom. The van der Waals surface area contributed by atoms with Gasteiger partial charge in [0.15, 0.2) is 0 Å². The van der Waals surface area contributed by atoms with E-state index in [1.807, 2.05) is 0 Å². The summed E-state index contributed by atoms with van der Waals surface area (Å²) in [7, 11) is 0. The van der Waals surface area contributed by atoms with Gasteiger partial charge >= 0.3 is 11.9 Å². The van der Waals surface area contributed by atoms with Crippen molar-refractivity contribution in [3.8, 4) is 11.5 Å². The molecule has 29 heavy (non-hydrogen) atoms. The molecular weight excluding hydrogens is 376 g/mol. The van der Waals surface area contributed by atoms with E-state index < -0.39 is 5.97 Å². The summed E-state index contributed by atoms with van der Waals surface area (Å²) >= 11 is 0. The van der Waals surface area contributed by atoms with Gasteiger partial charge in [-0.3, -0.25) is 4.79 Å². The zero-order chi connectivity index (χ0) is 21.5. The predicted octanol–water partition coefficient (Wildman–Crippen LogP) is 3.24. The van der Waals surface area contributed by atoms with Gasteiger partial charge in [0.2, 0.25) is 0 Å². The Balaban J connectivity index is 2.25. The molecule has 0 unspecified atom stereocenters. The van der Waals surface area contributed by atoms with E-state index >= 15 is 0 Å². The molecule has 0 radical (unpaired) electrons. The molecule has 0 bridgehead atoms. The van der Waals surface area contributed by atoms with E-state index in [0.29, 0.717) is 49.3 Å². The molecule has 0 aliphatic heterocycles. The molecule has 0 atom stereocenters. The fraction of sp³-hybridized carbons (Fsp3) is 0.524. The Hall–Kier alpha value is -2.90. The minimum absolute atomic E-state index is 0.263. The summed E-state index contributed by atoms with van der Waals surface area (Å²) in [5.41, 5.74) is 13.0. The van der Waals surface area contributed by atoms with Crippen LogP contribution in [0.2, 0.25) is 0 Å². The largest absolute Gasteiger partial charge is 0.491 e. The van der Waals surface area contributed by atoms with Crippen LogP contribution in [-0.4, -0.2) is 38.4 Å². The molecule has 0 fully saturated rings. The van der Waals surface area contributed by atoms with Crippen molar-refractivity contribution in [2.45, 2.75) is 45.4 Å². The number of carbonyl (C=O) groups excluding carboxylic acids is 2. The molecule has 0 heterocycles. The Morgan fingerprint density at radius 2 is 1.28 bits per heavy atom. The van der Waals surface area contributed by atoms with Gasteiger partial charge in [-0.05, 0) is 38.5 Å². The minimum Gasteiger partial charge on any atom is -0.491 e. The molecule has 1 aromatic carbocycles. The maximum atomic E-state index is 10.9. The van der Waals surface area contributed by atoms with Crippen LogP contribution in [0.25, 0.3) is 0 Å². The highest BCUT2D eigenvalue weighted by atomic mass is 16.5. The lowest BCUT2D eigenvalue weighted by atomic mass is 10.2. The van der Waals surface area contributed by atoms with Crippen molar-refractivity contribution in [3.05, 3.63) is 24.8 Å². The van der Waals surface area contributed by atoms with E-state index in [-0.39, 0.29) is 5.97 Å². The third-order valence-corrected chi connectivity index (χ3v) is 3.95. The molecule has 8 heteroatoms. The van der Waals surface area contributed by atoms with Crippen molar-refractivity contribution < 1.29 is 28.5 Å². The van der Waals surface area contributed by atoms with Crippen molar-refractivity contribution in [1.82, 2.24) is 0 Å². The van der Waals surface area contributed by atoms with Gasteiger partial charge in [-0.1, -0.05) is 6.58 Å². The standard InChI is InChI=1S/C21H32N2O6/c1-3-21(25)29-13-9-5-8-12-28-20-15-17(22)19(14-18(20)23)27-11-7-4-6-10-26-16(2)24/h3,14-15H,1,4-13,22-23H2,2H3.